The molecule has 2 heterocycles. The second-order valence-corrected chi connectivity index (χ2v) is 8.25. The first kappa shape index (κ1) is 24.6. The number of carbonyl (C=O) groups is 2. The summed E-state index contributed by atoms with van der Waals surface area (Å²) in [6.07, 6.45) is 2.14. The lowest BCUT2D eigenvalue weighted by atomic mass is 10.1. The maximum Gasteiger partial charge on any atom is 0.513 e. The Hall–Kier alpha value is -2.99. The van der Waals surface area contributed by atoms with Crippen molar-refractivity contribution in [2.75, 3.05) is 38.6 Å². The highest BCUT2D eigenvalue weighted by atomic mass is 32.1. The van der Waals surface area contributed by atoms with Crippen LogP contribution in [0.1, 0.15) is 30.4 Å². The molecule has 33 heavy (non-hydrogen) atoms. The van der Waals surface area contributed by atoms with Crippen molar-refractivity contribution in [3.8, 4) is 11.6 Å². The van der Waals surface area contributed by atoms with Gasteiger partial charge in [-0.15, -0.1) is 4.37 Å². The Bertz CT molecular complexity index is 959. The number of rotatable bonds is 9. The summed E-state index contributed by atoms with van der Waals surface area (Å²) in [7, 11) is 1.11. The third-order valence-electron chi connectivity index (χ3n) is 4.97. The van der Waals surface area contributed by atoms with Crippen LogP contribution in [0.3, 0.4) is 0 Å². The molecule has 0 unspecified atom stereocenters. The maximum absolute atomic E-state index is 14.1. The molecule has 1 aromatic carbocycles. The minimum atomic E-state index is -1.07. The molecule has 1 fully saturated rings. The number of ether oxygens (including phenoxy) is 3. The molecule has 1 saturated heterocycles. The van der Waals surface area contributed by atoms with Gasteiger partial charge in [0.05, 0.1) is 12.7 Å². The fraction of sp³-hybridized carbons (Fsp3) is 0.476. The van der Waals surface area contributed by atoms with E-state index in [0.29, 0.717) is 12.1 Å². The Balaban J connectivity index is 1.61. The summed E-state index contributed by atoms with van der Waals surface area (Å²) in [6.45, 7) is 4.60. The molecule has 12 heteroatoms. The van der Waals surface area contributed by atoms with Crippen LogP contribution in [-0.2, 0) is 11.3 Å². The predicted molar refractivity (Wildman–Crippen MR) is 118 cm³/mol. The fourth-order valence-corrected chi connectivity index (χ4v) is 3.98. The summed E-state index contributed by atoms with van der Waals surface area (Å²) in [5.41, 5.74) is 0.123. The largest absolute Gasteiger partial charge is 0.513 e. The van der Waals surface area contributed by atoms with Gasteiger partial charge >= 0.3 is 12.2 Å². The van der Waals surface area contributed by atoms with Crippen LogP contribution in [0.4, 0.5) is 23.4 Å². The number of amides is 2. The Labute approximate surface area is 194 Å². The quantitative estimate of drug-likeness (QED) is 0.409. The van der Waals surface area contributed by atoms with Crippen molar-refractivity contribution in [2.45, 2.75) is 32.8 Å². The third-order valence-corrected chi connectivity index (χ3v) is 5.70. The lowest BCUT2D eigenvalue weighted by molar-refractivity contribution is 0.119. The highest BCUT2D eigenvalue weighted by molar-refractivity contribution is 7.11. The zero-order valence-electron chi connectivity index (χ0n) is 18.4. The van der Waals surface area contributed by atoms with Gasteiger partial charge in [0.15, 0.2) is 5.00 Å². The van der Waals surface area contributed by atoms with Gasteiger partial charge in [0.25, 0.3) is 5.88 Å². The first-order chi connectivity index (χ1) is 15.9. The van der Waals surface area contributed by atoms with Crippen molar-refractivity contribution in [3.05, 3.63) is 34.9 Å². The minimum Gasteiger partial charge on any atom is -0.469 e. The van der Waals surface area contributed by atoms with Crippen molar-refractivity contribution in [3.63, 3.8) is 0 Å². The van der Waals surface area contributed by atoms with Crippen LogP contribution in [0.15, 0.2) is 12.1 Å². The average molecular weight is 485 g/mol. The highest BCUT2D eigenvalue weighted by Gasteiger charge is 2.23. The molecule has 9 nitrogen and oxygen atoms in total. The molecule has 0 aliphatic carbocycles. The molecule has 0 saturated carbocycles. The van der Waals surface area contributed by atoms with Gasteiger partial charge < -0.3 is 24.4 Å². The molecule has 0 bridgehead atoms. The smallest absolute Gasteiger partial charge is 0.469 e. The molecule has 0 radical (unpaired) electrons. The molecule has 1 aliphatic rings. The SMILES string of the molecule is COC(=O)Oc1c(OCc2c(F)cc(C)cc2F)nsc1NC(=O)NCCCN1CCCC1. The number of halogens is 2. The van der Waals surface area contributed by atoms with E-state index >= 15 is 0 Å². The number of nitrogens with zero attached hydrogens (tertiary/aromatic N) is 2. The molecule has 180 valence electrons. The Morgan fingerprint density at radius 1 is 1.21 bits per heavy atom. The Kier molecular flexibility index (Phi) is 8.78. The Morgan fingerprint density at radius 3 is 2.58 bits per heavy atom. The molecule has 2 amide bonds. The van der Waals surface area contributed by atoms with Gasteiger partial charge in [-0.05, 0) is 75.0 Å². The van der Waals surface area contributed by atoms with E-state index in [9.17, 15) is 18.4 Å². The molecule has 1 aliphatic heterocycles. The summed E-state index contributed by atoms with van der Waals surface area (Å²) in [5.74, 6) is -1.98. The number of urea groups is 1. The van der Waals surface area contributed by atoms with E-state index in [-0.39, 0.29) is 22.2 Å². The first-order valence-corrected chi connectivity index (χ1v) is 11.2. The molecule has 2 N–H and O–H groups in total. The van der Waals surface area contributed by atoms with E-state index in [1.807, 2.05) is 0 Å². The zero-order chi connectivity index (χ0) is 23.8. The van der Waals surface area contributed by atoms with Gasteiger partial charge in [-0.3, -0.25) is 5.32 Å². The molecule has 2 aromatic rings. The summed E-state index contributed by atoms with van der Waals surface area (Å²) >= 11 is 0.787. The van der Waals surface area contributed by atoms with Crippen LogP contribution in [0.25, 0.3) is 0 Å². The van der Waals surface area contributed by atoms with E-state index in [4.69, 9.17) is 9.47 Å². The van der Waals surface area contributed by atoms with Crippen molar-refractivity contribution in [1.29, 1.82) is 0 Å². The van der Waals surface area contributed by atoms with Crippen molar-refractivity contribution < 1.29 is 32.6 Å². The zero-order valence-corrected chi connectivity index (χ0v) is 19.2. The average Bonchev–Trinajstić information content (AvgIpc) is 3.41. The summed E-state index contributed by atoms with van der Waals surface area (Å²) in [6, 6.07) is 1.84. The monoisotopic (exact) mass is 484 g/mol. The molecular weight excluding hydrogens is 458 g/mol. The number of hydrogen-bond donors (Lipinski definition) is 2. The Morgan fingerprint density at radius 2 is 1.91 bits per heavy atom. The van der Waals surface area contributed by atoms with Crippen molar-refractivity contribution in [2.24, 2.45) is 0 Å². The number of likely N-dealkylation sites (tertiary alicyclic amines) is 1. The van der Waals surface area contributed by atoms with E-state index in [1.54, 1.807) is 6.92 Å². The first-order valence-electron chi connectivity index (χ1n) is 10.5. The van der Waals surface area contributed by atoms with Crippen LogP contribution < -0.4 is 20.1 Å². The van der Waals surface area contributed by atoms with E-state index in [1.165, 1.54) is 25.0 Å². The number of methoxy groups -OCH3 is 1. The number of hydrogen-bond acceptors (Lipinski definition) is 8. The lowest BCUT2D eigenvalue weighted by Crippen LogP contribution is -2.31. The number of anilines is 1. The van der Waals surface area contributed by atoms with Crippen LogP contribution in [0.5, 0.6) is 11.6 Å². The third kappa shape index (κ3) is 6.99. The standard InChI is InChI=1S/C21H26F2N4O5S/c1-13-10-15(22)14(16(23)11-13)12-31-18-17(32-21(29)30-2)19(33-26-18)25-20(28)24-6-5-9-27-7-3-4-8-27/h10-11H,3-9,12H2,1-2H3,(H2,24,25,28). The number of carbonyl (C=O) groups excluding carboxylic acids is 2. The lowest BCUT2D eigenvalue weighted by Gasteiger charge is -2.14. The van der Waals surface area contributed by atoms with E-state index < -0.39 is 30.4 Å². The second kappa shape index (κ2) is 11.8. The topological polar surface area (TPSA) is 102 Å². The van der Waals surface area contributed by atoms with Gasteiger partial charge in [-0.2, -0.15) is 0 Å². The van der Waals surface area contributed by atoms with Gasteiger partial charge in [0.1, 0.15) is 18.2 Å². The predicted octanol–water partition coefficient (Wildman–Crippen LogP) is 4.06. The number of nitrogens with one attached hydrogen (secondary N) is 2. The van der Waals surface area contributed by atoms with Crippen LogP contribution in [0.2, 0.25) is 0 Å². The molecule has 0 atom stereocenters. The summed E-state index contributed by atoms with van der Waals surface area (Å²) in [4.78, 5) is 26.2. The number of benzene rings is 1. The maximum atomic E-state index is 14.1. The van der Waals surface area contributed by atoms with Gasteiger partial charge in [0, 0.05) is 6.54 Å². The highest BCUT2D eigenvalue weighted by Crippen LogP contribution is 2.39. The molecular formula is C21H26F2N4O5S. The van der Waals surface area contributed by atoms with Gasteiger partial charge in [-0.1, -0.05) is 0 Å². The summed E-state index contributed by atoms with van der Waals surface area (Å²) in [5, 5.41) is 5.36. The minimum absolute atomic E-state index is 0.0808. The fourth-order valence-electron chi connectivity index (χ4n) is 3.32. The van der Waals surface area contributed by atoms with Gasteiger partial charge in [-0.25, -0.2) is 18.4 Å². The van der Waals surface area contributed by atoms with E-state index in [2.05, 4.69) is 24.6 Å². The molecule has 0 spiro atoms. The van der Waals surface area contributed by atoms with E-state index in [0.717, 1.165) is 44.7 Å². The molecule has 1 aromatic heterocycles. The number of aryl methyl sites for hydroxylation is 1. The van der Waals surface area contributed by atoms with Crippen LogP contribution in [0, 0.1) is 18.6 Å². The molecule has 3 rings (SSSR count). The normalized spacial score (nSPS) is 13.6. The second-order valence-electron chi connectivity index (χ2n) is 7.48. The van der Waals surface area contributed by atoms with Crippen LogP contribution >= 0.6 is 11.5 Å². The van der Waals surface area contributed by atoms with Crippen molar-refractivity contribution >= 4 is 28.7 Å². The number of aromatic nitrogens is 1. The van der Waals surface area contributed by atoms with Crippen molar-refractivity contribution in [1.82, 2.24) is 14.6 Å². The van der Waals surface area contributed by atoms with Gasteiger partial charge in [0.2, 0.25) is 5.75 Å². The van der Waals surface area contributed by atoms with Crippen LogP contribution in [-0.4, -0.2) is 54.7 Å². The summed E-state index contributed by atoms with van der Waals surface area (Å²) < 4.78 is 47.1.